The molecular weight excluding hydrogens is 314 g/mol. The van der Waals surface area contributed by atoms with Gasteiger partial charge in [0.25, 0.3) is 0 Å². The van der Waals surface area contributed by atoms with Crippen LogP contribution >= 0.6 is 11.8 Å². The number of piperidine rings is 1. The van der Waals surface area contributed by atoms with Gasteiger partial charge in [0.1, 0.15) is 0 Å². The van der Waals surface area contributed by atoms with Crippen LogP contribution in [0.1, 0.15) is 39.2 Å². The summed E-state index contributed by atoms with van der Waals surface area (Å²) in [7, 11) is 0. The van der Waals surface area contributed by atoms with Crippen LogP contribution in [0.15, 0.2) is 5.16 Å². The fourth-order valence-electron chi connectivity index (χ4n) is 3.52. The number of ether oxygens (including phenoxy) is 1. The molecular formula is C15H25N5O2S. The first-order valence-corrected chi connectivity index (χ1v) is 9.38. The molecule has 1 aromatic heterocycles. The molecule has 2 fully saturated rings. The van der Waals surface area contributed by atoms with Gasteiger partial charge in [-0.15, -0.1) is 5.10 Å². The lowest BCUT2D eigenvalue weighted by Gasteiger charge is -2.35. The third kappa shape index (κ3) is 4.23. The van der Waals surface area contributed by atoms with Crippen molar-refractivity contribution >= 4 is 17.7 Å². The highest BCUT2D eigenvalue weighted by molar-refractivity contribution is 7.99. The summed E-state index contributed by atoms with van der Waals surface area (Å²) in [5, 5.41) is 12.7. The first-order valence-electron chi connectivity index (χ1n) is 8.39. The lowest BCUT2D eigenvalue weighted by atomic mass is 9.92. The van der Waals surface area contributed by atoms with Gasteiger partial charge in [-0.25, -0.2) is 4.68 Å². The summed E-state index contributed by atoms with van der Waals surface area (Å²) in [4.78, 5) is 14.5. The van der Waals surface area contributed by atoms with Gasteiger partial charge in [-0.05, 0) is 41.5 Å². The molecule has 0 bridgehead atoms. The van der Waals surface area contributed by atoms with E-state index >= 15 is 0 Å². The molecule has 2 saturated heterocycles. The maximum atomic E-state index is 12.5. The Morgan fingerprint density at radius 1 is 1.26 bits per heavy atom. The van der Waals surface area contributed by atoms with Crippen LogP contribution in [-0.2, 0) is 9.53 Å². The Morgan fingerprint density at radius 3 is 2.65 bits per heavy atom. The molecule has 0 radical (unpaired) electrons. The third-order valence-corrected chi connectivity index (χ3v) is 5.46. The van der Waals surface area contributed by atoms with E-state index in [0.717, 1.165) is 44.3 Å². The molecule has 2 aliphatic rings. The smallest absolute Gasteiger partial charge is 0.233 e. The number of amides is 1. The summed E-state index contributed by atoms with van der Waals surface area (Å²) in [6.07, 6.45) is 3.06. The zero-order valence-corrected chi connectivity index (χ0v) is 14.7. The molecule has 0 aliphatic carbocycles. The monoisotopic (exact) mass is 339 g/mol. The number of nitrogens with zero attached hydrogens (tertiary/aromatic N) is 5. The summed E-state index contributed by atoms with van der Waals surface area (Å²) in [5.74, 6) is 1.76. The summed E-state index contributed by atoms with van der Waals surface area (Å²) in [6.45, 7) is 7.67. The molecule has 0 spiro atoms. The normalized spacial score (nSPS) is 26.4. The van der Waals surface area contributed by atoms with Crippen molar-refractivity contribution in [1.82, 2.24) is 25.1 Å². The second-order valence-corrected chi connectivity index (χ2v) is 7.73. The Bertz CT molecular complexity index is 522. The van der Waals surface area contributed by atoms with Crippen molar-refractivity contribution in [2.24, 2.45) is 11.8 Å². The second-order valence-electron chi connectivity index (χ2n) is 6.78. The van der Waals surface area contributed by atoms with Crippen molar-refractivity contribution in [1.29, 1.82) is 0 Å². The molecule has 3 heterocycles. The minimum absolute atomic E-state index is 0.190. The van der Waals surface area contributed by atoms with Crippen molar-refractivity contribution in [2.45, 2.75) is 44.3 Å². The molecule has 8 heteroatoms. The van der Waals surface area contributed by atoms with Crippen molar-refractivity contribution in [3.8, 4) is 0 Å². The van der Waals surface area contributed by atoms with Crippen LogP contribution in [0.3, 0.4) is 0 Å². The van der Waals surface area contributed by atoms with E-state index in [4.69, 9.17) is 4.74 Å². The maximum absolute atomic E-state index is 12.5. The van der Waals surface area contributed by atoms with Crippen LogP contribution in [0.5, 0.6) is 0 Å². The Morgan fingerprint density at radius 2 is 1.96 bits per heavy atom. The molecule has 0 N–H and O–H groups in total. The van der Waals surface area contributed by atoms with Gasteiger partial charge in [0.05, 0.1) is 11.8 Å². The fourth-order valence-corrected chi connectivity index (χ4v) is 4.37. The number of tetrazole rings is 1. The van der Waals surface area contributed by atoms with E-state index in [1.165, 1.54) is 18.2 Å². The minimum atomic E-state index is 0.190. The number of carbonyl (C=O) groups excluding carboxylic acids is 1. The molecule has 1 amide bonds. The maximum Gasteiger partial charge on any atom is 0.233 e. The summed E-state index contributed by atoms with van der Waals surface area (Å²) in [5.41, 5.74) is 0. The molecule has 2 atom stereocenters. The van der Waals surface area contributed by atoms with Crippen molar-refractivity contribution in [2.75, 3.05) is 32.1 Å². The van der Waals surface area contributed by atoms with Gasteiger partial charge in [0.15, 0.2) is 0 Å². The highest BCUT2D eigenvalue weighted by atomic mass is 32.2. The van der Waals surface area contributed by atoms with Gasteiger partial charge in [0.2, 0.25) is 11.1 Å². The lowest BCUT2D eigenvalue weighted by Crippen LogP contribution is -2.43. The molecule has 23 heavy (non-hydrogen) atoms. The van der Waals surface area contributed by atoms with Gasteiger partial charge in [0, 0.05) is 26.3 Å². The minimum Gasteiger partial charge on any atom is -0.381 e. The molecule has 2 unspecified atom stereocenters. The number of thioether (sulfide) groups is 1. The zero-order chi connectivity index (χ0) is 16.2. The average Bonchev–Trinajstić information content (AvgIpc) is 3.01. The Hall–Kier alpha value is -1.15. The Labute approximate surface area is 141 Å². The van der Waals surface area contributed by atoms with Crippen molar-refractivity contribution < 1.29 is 9.53 Å². The highest BCUT2D eigenvalue weighted by Crippen LogP contribution is 2.26. The summed E-state index contributed by atoms with van der Waals surface area (Å²) < 4.78 is 7.25. The largest absolute Gasteiger partial charge is 0.381 e. The van der Waals surface area contributed by atoms with Crippen LogP contribution < -0.4 is 0 Å². The van der Waals surface area contributed by atoms with E-state index in [1.54, 1.807) is 0 Å². The van der Waals surface area contributed by atoms with Crippen LogP contribution in [0.4, 0.5) is 0 Å². The van der Waals surface area contributed by atoms with Gasteiger partial charge in [-0.2, -0.15) is 0 Å². The van der Waals surface area contributed by atoms with E-state index in [9.17, 15) is 4.79 Å². The lowest BCUT2D eigenvalue weighted by molar-refractivity contribution is -0.130. The molecule has 3 rings (SSSR count). The van der Waals surface area contributed by atoms with E-state index in [-0.39, 0.29) is 11.9 Å². The zero-order valence-electron chi connectivity index (χ0n) is 13.8. The predicted molar refractivity (Wildman–Crippen MR) is 87.2 cm³/mol. The Kier molecular flexibility index (Phi) is 5.53. The van der Waals surface area contributed by atoms with E-state index in [1.807, 2.05) is 9.58 Å². The number of hydrogen-bond acceptors (Lipinski definition) is 6. The molecule has 0 saturated carbocycles. The van der Waals surface area contributed by atoms with Gasteiger partial charge >= 0.3 is 0 Å². The highest BCUT2D eigenvalue weighted by Gasteiger charge is 2.26. The van der Waals surface area contributed by atoms with Gasteiger partial charge in [-0.1, -0.05) is 25.6 Å². The topological polar surface area (TPSA) is 73.1 Å². The number of hydrogen-bond donors (Lipinski definition) is 0. The first-order chi connectivity index (χ1) is 11.1. The molecule has 0 aromatic carbocycles. The van der Waals surface area contributed by atoms with E-state index < -0.39 is 0 Å². The number of likely N-dealkylation sites (tertiary alicyclic amines) is 1. The first kappa shape index (κ1) is 16.7. The van der Waals surface area contributed by atoms with Crippen LogP contribution in [0.2, 0.25) is 0 Å². The summed E-state index contributed by atoms with van der Waals surface area (Å²) in [6, 6.07) is 0.284. The average molecular weight is 339 g/mol. The van der Waals surface area contributed by atoms with Crippen LogP contribution in [0.25, 0.3) is 0 Å². The second kappa shape index (κ2) is 7.61. The SMILES string of the molecule is CC1CC(C)CN(C(=O)CSc2nnnn2C2CCOCC2)C1. The van der Waals surface area contributed by atoms with Crippen LogP contribution in [0, 0.1) is 11.8 Å². The van der Waals surface area contributed by atoms with Crippen molar-refractivity contribution in [3.63, 3.8) is 0 Å². The number of rotatable bonds is 4. The number of carbonyl (C=O) groups is 1. The predicted octanol–water partition coefficient (Wildman–Crippen LogP) is 1.62. The fraction of sp³-hybridized carbons (Fsp3) is 0.867. The van der Waals surface area contributed by atoms with Gasteiger partial charge < -0.3 is 9.64 Å². The van der Waals surface area contributed by atoms with Gasteiger partial charge in [-0.3, -0.25) is 4.79 Å². The molecule has 1 aromatic rings. The third-order valence-electron chi connectivity index (χ3n) is 4.55. The van der Waals surface area contributed by atoms with Crippen molar-refractivity contribution in [3.05, 3.63) is 0 Å². The van der Waals surface area contributed by atoms with E-state index in [2.05, 4.69) is 29.4 Å². The summed E-state index contributed by atoms with van der Waals surface area (Å²) >= 11 is 1.45. The van der Waals surface area contributed by atoms with Crippen LogP contribution in [-0.4, -0.2) is 63.1 Å². The number of aromatic nitrogens is 4. The molecule has 7 nitrogen and oxygen atoms in total. The Balaban J connectivity index is 1.56. The molecule has 2 aliphatic heterocycles. The standard InChI is InChI=1S/C15H25N5O2S/c1-11-7-12(2)9-19(8-11)14(21)10-23-15-16-17-18-20(15)13-3-5-22-6-4-13/h11-13H,3-10H2,1-2H3. The quantitative estimate of drug-likeness (QED) is 0.776. The van der Waals surface area contributed by atoms with E-state index in [0.29, 0.717) is 17.6 Å². The molecule has 128 valence electrons.